The van der Waals surface area contributed by atoms with Gasteiger partial charge in [-0.05, 0) is 18.6 Å². The van der Waals surface area contributed by atoms with Crippen LogP contribution in [-0.4, -0.2) is 45.2 Å². The molecule has 0 atom stereocenters. The Balaban J connectivity index is 1.97. The molecule has 0 saturated carbocycles. The molecule has 1 aromatic carbocycles. The molecule has 6 nitrogen and oxygen atoms in total. The van der Waals surface area contributed by atoms with Gasteiger partial charge in [-0.1, -0.05) is 53.8 Å². The van der Waals surface area contributed by atoms with Crippen LogP contribution < -0.4 is 5.32 Å². The van der Waals surface area contributed by atoms with Gasteiger partial charge in [0.05, 0.1) is 4.91 Å². The summed E-state index contributed by atoms with van der Waals surface area (Å²) in [7, 11) is 0. The van der Waals surface area contributed by atoms with Gasteiger partial charge in [-0.3, -0.25) is 19.3 Å². The lowest BCUT2D eigenvalue weighted by atomic mass is 10.1. The number of carbonyl (C=O) groups excluding carboxylic acids is 2. The highest BCUT2D eigenvalue weighted by Gasteiger charge is 2.32. The predicted molar refractivity (Wildman–Crippen MR) is 96.3 cm³/mol. The van der Waals surface area contributed by atoms with E-state index >= 15 is 0 Å². The van der Waals surface area contributed by atoms with Gasteiger partial charge in [0.2, 0.25) is 5.91 Å². The van der Waals surface area contributed by atoms with E-state index in [0.717, 1.165) is 11.1 Å². The van der Waals surface area contributed by atoms with Crippen LogP contribution in [0.25, 0.3) is 6.08 Å². The molecule has 1 aliphatic heterocycles. The third kappa shape index (κ3) is 4.90. The number of rotatable bonds is 6. The molecule has 0 unspecified atom stereocenters. The van der Waals surface area contributed by atoms with E-state index in [2.05, 4.69) is 5.32 Å². The Morgan fingerprint density at radius 3 is 2.62 bits per heavy atom. The number of amides is 2. The van der Waals surface area contributed by atoms with E-state index in [9.17, 15) is 14.4 Å². The first kappa shape index (κ1) is 18.2. The van der Waals surface area contributed by atoms with Crippen LogP contribution in [0.5, 0.6) is 0 Å². The van der Waals surface area contributed by atoms with E-state index < -0.39 is 18.4 Å². The third-order valence-electron chi connectivity index (χ3n) is 3.25. The Labute approximate surface area is 148 Å². The number of nitrogens with one attached hydrogen (secondary N) is 1. The molecule has 2 rings (SSSR count). The maximum absolute atomic E-state index is 12.4. The van der Waals surface area contributed by atoms with Gasteiger partial charge in [-0.15, -0.1) is 0 Å². The predicted octanol–water partition coefficient (Wildman–Crippen LogP) is 1.79. The molecule has 8 heteroatoms. The SMILES string of the molecule is Cc1ccc(C=C2SC(=S)N(CCC(=O)NCC(=O)O)C2=O)cc1. The van der Waals surface area contributed by atoms with Crippen molar-refractivity contribution >= 4 is 52.2 Å². The highest BCUT2D eigenvalue weighted by Crippen LogP contribution is 2.32. The van der Waals surface area contributed by atoms with Crippen molar-refractivity contribution in [3.63, 3.8) is 0 Å². The first-order valence-corrected chi connectivity index (χ1v) is 8.40. The molecule has 2 N–H and O–H groups in total. The highest BCUT2D eigenvalue weighted by molar-refractivity contribution is 8.26. The number of thiocarbonyl (C=S) groups is 1. The van der Waals surface area contributed by atoms with Crippen LogP contribution in [0.15, 0.2) is 29.2 Å². The van der Waals surface area contributed by atoms with Crippen LogP contribution >= 0.6 is 24.0 Å². The van der Waals surface area contributed by atoms with Crippen LogP contribution in [0.4, 0.5) is 0 Å². The summed E-state index contributed by atoms with van der Waals surface area (Å²) >= 11 is 6.39. The van der Waals surface area contributed by atoms with Crippen LogP contribution in [0.2, 0.25) is 0 Å². The Bertz CT molecular complexity index is 713. The van der Waals surface area contributed by atoms with E-state index in [1.54, 1.807) is 6.08 Å². The van der Waals surface area contributed by atoms with Crippen molar-refractivity contribution in [1.29, 1.82) is 0 Å². The lowest BCUT2D eigenvalue weighted by Crippen LogP contribution is -2.35. The number of benzene rings is 1. The Morgan fingerprint density at radius 1 is 1.33 bits per heavy atom. The molecule has 0 aromatic heterocycles. The van der Waals surface area contributed by atoms with Crippen molar-refractivity contribution < 1.29 is 19.5 Å². The summed E-state index contributed by atoms with van der Waals surface area (Å²) in [6.45, 7) is 1.67. The van der Waals surface area contributed by atoms with E-state index in [1.165, 1.54) is 16.7 Å². The number of nitrogens with zero attached hydrogens (tertiary/aromatic N) is 1. The fourth-order valence-electron chi connectivity index (χ4n) is 1.98. The van der Waals surface area contributed by atoms with Gasteiger partial charge in [0.15, 0.2) is 0 Å². The van der Waals surface area contributed by atoms with Crippen LogP contribution in [0, 0.1) is 6.92 Å². The second-order valence-corrected chi connectivity index (χ2v) is 6.84. The molecule has 24 heavy (non-hydrogen) atoms. The van der Waals surface area contributed by atoms with Gasteiger partial charge in [0.1, 0.15) is 10.9 Å². The number of hydrogen-bond acceptors (Lipinski definition) is 5. The van der Waals surface area contributed by atoms with Gasteiger partial charge < -0.3 is 10.4 Å². The summed E-state index contributed by atoms with van der Waals surface area (Å²) in [5, 5.41) is 10.8. The zero-order chi connectivity index (χ0) is 17.7. The number of carbonyl (C=O) groups is 3. The number of thioether (sulfide) groups is 1. The molecular weight excluding hydrogens is 348 g/mol. The average Bonchev–Trinajstić information content (AvgIpc) is 2.79. The van der Waals surface area contributed by atoms with E-state index in [0.29, 0.717) is 9.23 Å². The molecule has 0 radical (unpaired) electrons. The molecule has 1 saturated heterocycles. The second-order valence-electron chi connectivity index (χ2n) is 5.16. The summed E-state index contributed by atoms with van der Waals surface area (Å²) in [6, 6.07) is 7.75. The van der Waals surface area contributed by atoms with Crippen LogP contribution in [0.3, 0.4) is 0 Å². The molecule has 2 amide bonds. The fraction of sp³-hybridized carbons (Fsp3) is 0.250. The minimum atomic E-state index is -1.12. The molecule has 0 bridgehead atoms. The molecule has 1 aliphatic rings. The highest BCUT2D eigenvalue weighted by atomic mass is 32.2. The van der Waals surface area contributed by atoms with Crippen molar-refractivity contribution in [3.05, 3.63) is 40.3 Å². The molecule has 0 aliphatic carbocycles. The summed E-state index contributed by atoms with van der Waals surface area (Å²) < 4.78 is 0.393. The van der Waals surface area contributed by atoms with Gasteiger partial charge >= 0.3 is 5.97 Å². The maximum atomic E-state index is 12.4. The molecule has 126 valence electrons. The van der Waals surface area contributed by atoms with Gasteiger partial charge in [-0.25, -0.2) is 0 Å². The summed E-state index contributed by atoms with van der Waals surface area (Å²) in [5.74, 6) is -1.79. The fourth-order valence-corrected chi connectivity index (χ4v) is 3.29. The van der Waals surface area contributed by atoms with Crippen molar-refractivity contribution in [1.82, 2.24) is 10.2 Å². The zero-order valence-electron chi connectivity index (χ0n) is 12.9. The Hall–Kier alpha value is -2.19. The quantitative estimate of drug-likeness (QED) is 0.591. The third-order valence-corrected chi connectivity index (χ3v) is 4.63. The standard InChI is InChI=1S/C16H16N2O4S2/c1-10-2-4-11(5-3-10)8-12-15(22)18(16(23)24-12)7-6-13(19)17-9-14(20)21/h2-5,8H,6-7,9H2,1H3,(H,17,19)(H,20,21). The number of carboxylic acids is 1. The largest absolute Gasteiger partial charge is 0.480 e. The van der Waals surface area contributed by atoms with E-state index in [1.807, 2.05) is 31.2 Å². The van der Waals surface area contributed by atoms with Crippen LogP contribution in [0.1, 0.15) is 17.5 Å². The first-order chi connectivity index (χ1) is 11.4. The van der Waals surface area contributed by atoms with Gasteiger partial charge in [0, 0.05) is 13.0 Å². The summed E-state index contributed by atoms with van der Waals surface area (Å²) in [5.41, 5.74) is 2.03. The second kappa shape index (κ2) is 8.07. The summed E-state index contributed by atoms with van der Waals surface area (Å²) in [4.78, 5) is 36.2. The monoisotopic (exact) mass is 364 g/mol. The Kier molecular flexibility index (Phi) is 6.10. The zero-order valence-corrected chi connectivity index (χ0v) is 14.6. The van der Waals surface area contributed by atoms with Crippen molar-refractivity contribution in [2.75, 3.05) is 13.1 Å². The average molecular weight is 364 g/mol. The van der Waals surface area contributed by atoms with Crippen molar-refractivity contribution in [3.8, 4) is 0 Å². The maximum Gasteiger partial charge on any atom is 0.322 e. The van der Waals surface area contributed by atoms with E-state index in [-0.39, 0.29) is 18.9 Å². The minimum absolute atomic E-state index is 0.00245. The van der Waals surface area contributed by atoms with Crippen molar-refractivity contribution in [2.24, 2.45) is 0 Å². The van der Waals surface area contributed by atoms with Crippen LogP contribution in [-0.2, 0) is 14.4 Å². The molecule has 1 aromatic rings. The van der Waals surface area contributed by atoms with E-state index in [4.69, 9.17) is 17.3 Å². The van der Waals surface area contributed by atoms with Gasteiger partial charge in [-0.2, -0.15) is 0 Å². The molecule has 1 fully saturated rings. The minimum Gasteiger partial charge on any atom is -0.480 e. The normalized spacial score (nSPS) is 15.9. The van der Waals surface area contributed by atoms with Gasteiger partial charge in [0.25, 0.3) is 5.91 Å². The first-order valence-electron chi connectivity index (χ1n) is 7.17. The van der Waals surface area contributed by atoms with Crippen molar-refractivity contribution in [2.45, 2.75) is 13.3 Å². The summed E-state index contributed by atoms with van der Waals surface area (Å²) in [6.07, 6.45) is 1.76. The molecular formula is C16H16N2O4S2. The smallest absolute Gasteiger partial charge is 0.322 e. The Morgan fingerprint density at radius 2 is 2.00 bits per heavy atom. The number of aliphatic carboxylic acids is 1. The number of carboxylic acid groups (broad SMARTS) is 1. The lowest BCUT2D eigenvalue weighted by Gasteiger charge is -2.13. The molecule has 0 spiro atoms. The number of aryl methyl sites for hydroxylation is 1. The molecule has 1 heterocycles. The lowest BCUT2D eigenvalue weighted by molar-refractivity contribution is -0.138. The topological polar surface area (TPSA) is 86.7 Å². The number of hydrogen-bond donors (Lipinski definition) is 2.